The molecule has 0 saturated heterocycles. The minimum atomic E-state index is -2.61. The summed E-state index contributed by atoms with van der Waals surface area (Å²) in [6.45, 7) is 5.05. The van der Waals surface area contributed by atoms with Crippen molar-refractivity contribution in [3.8, 4) is 5.88 Å². The maximum absolute atomic E-state index is 12.1. The summed E-state index contributed by atoms with van der Waals surface area (Å²) in [6, 6.07) is 4.72. The molecule has 2 rings (SSSR count). The fraction of sp³-hybridized carbons (Fsp3) is 0.421. The van der Waals surface area contributed by atoms with Crippen molar-refractivity contribution in [3.05, 3.63) is 52.9 Å². The van der Waals surface area contributed by atoms with Gasteiger partial charge < -0.3 is 15.8 Å². The molecule has 6 nitrogen and oxygen atoms in total. The normalized spacial score (nSPS) is 12.6. The van der Waals surface area contributed by atoms with Crippen LogP contribution in [0.15, 0.2) is 36.8 Å². The molecule has 2 unspecified atom stereocenters. The Labute approximate surface area is 168 Å². The zero-order chi connectivity index (χ0) is 21.1. The Kier molecular flexibility index (Phi) is 10.3. The highest BCUT2D eigenvalue weighted by atomic mass is 35.5. The topological polar surface area (TPSA) is 90.1 Å². The standard InChI is InChI=1S/C15H14ClF2N3O2.C4H11N/c1-9(21-14(22)10-2-4-19-5-3-10)11-6-12(16)15(20-7-11)23-8-13(17)18;1-3-4(2)5/h2-7,9,13H,8H2,1H3,(H,21,22);4H,3,5H2,1-2H3. The molecule has 9 heteroatoms. The highest BCUT2D eigenvalue weighted by Gasteiger charge is 2.14. The summed E-state index contributed by atoms with van der Waals surface area (Å²) in [5.74, 6) is -0.336. The lowest BCUT2D eigenvalue weighted by Crippen LogP contribution is -2.26. The van der Waals surface area contributed by atoms with E-state index < -0.39 is 13.0 Å². The van der Waals surface area contributed by atoms with Crippen molar-refractivity contribution in [1.82, 2.24) is 15.3 Å². The molecule has 2 aromatic heterocycles. The van der Waals surface area contributed by atoms with E-state index in [1.165, 1.54) is 24.7 Å². The first-order valence-electron chi connectivity index (χ1n) is 8.77. The van der Waals surface area contributed by atoms with Crippen molar-refractivity contribution in [2.45, 2.75) is 45.7 Å². The molecule has 0 aliphatic carbocycles. The molecule has 0 bridgehead atoms. The summed E-state index contributed by atoms with van der Waals surface area (Å²) in [6.07, 6.45) is 2.94. The van der Waals surface area contributed by atoms with Gasteiger partial charge in [0.2, 0.25) is 5.88 Å². The van der Waals surface area contributed by atoms with Crippen molar-refractivity contribution >= 4 is 17.5 Å². The lowest BCUT2D eigenvalue weighted by Gasteiger charge is -2.15. The molecule has 0 saturated carbocycles. The molecule has 0 aliphatic rings. The van der Waals surface area contributed by atoms with E-state index in [1.807, 2.05) is 6.92 Å². The number of nitrogens with zero attached hydrogens (tertiary/aromatic N) is 2. The fourth-order valence-corrected chi connectivity index (χ4v) is 2.02. The maximum atomic E-state index is 12.1. The molecule has 154 valence electrons. The monoisotopic (exact) mass is 414 g/mol. The number of carbonyl (C=O) groups excluding carboxylic acids is 1. The van der Waals surface area contributed by atoms with Crippen LogP contribution in [-0.2, 0) is 0 Å². The number of nitrogens with two attached hydrogens (primary N) is 1. The molecule has 2 atom stereocenters. The Morgan fingerprint density at radius 3 is 2.43 bits per heavy atom. The third-order valence-corrected chi connectivity index (χ3v) is 3.88. The molecule has 2 aromatic rings. The van der Waals surface area contributed by atoms with E-state index in [0.29, 0.717) is 17.2 Å². The van der Waals surface area contributed by atoms with Crippen molar-refractivity contribution < 1.29 is 18.3 Å². The van der Waals surface area contributed by atoms with Crippen LogP contribution >= 0.6 is 11.6 Å². The van der Waals surface area contributed by atoms with Gasteiger partial charge in [-0.25, -0.2) is 13.8 Å². The van der Waals surface area contributed by atoms with E-state index in [0.717, 1.165) is 6.42 Å². The number of ether oxygens (including phenoxy) is 1. The summed E-state index contributed by atoms with van der Waals surface area (Å²) in [5, 5.41) is 2.89. The Morgan fingerprint density at radius 1 is 1.32 bits per heavy atom. The van der Waals surface area contributed by atoms with E-state index in [-0.39, 0.29) is 22.9 Å². The van der Waals surface area contributed by atoms with Gasteiger partial charge in [-0.1, -0.05) is 18.5 Å². The van der Waals surface area contributed by atoms with Gasteiger partial charge in [0.05, 0.1) is 6.04 Å². The average Bonchev–Trinajstić information content (AvgIpc) is 2.67. The van der Waals surface area contributed by atoms with Crippen LogP contribution in [-0.4, -0.2) is 34.9 Å². The van der Waals surface area contributed by atoms with Gasteiger partial charge in [0.25, 0.3) is 12.3 Å². The molecule has 0 aliphatic heterocycles. The third kappa shape index (κ3) is 8.58. The molecular weight excluding hydrogens is 390 g/mol. The number of rotatable bonds is 7. The Hall–Kier alpha value is -2.32. The highest BCUT2D eigenvalue weighted by Crippen LogP contribution is 2.25. The fourth-order valence-electron chi connectivity index (χ4n) is 1.79. The lowest BCUT2D eigenvalue weighted by molar-refractivity contribution is 0.0796. The number of amides is 1. The summed E-state index contributed by atoms with van der Waals surface area (Å²) in [7, 11) is 0. The van der Waals surface area contributed by atoms with E-state index in [9.17, 15) is 13.6 Å². The number of aromatic nitrogens is 2. The first kappa shape index (κ1) is 23.7. The van der Waals surface area contributed by atoms with Crippen molar-refractivity contribution in [1.29, 1.82) is 0 Å². The zero-order valence-electron chi connectivity index (χ0n) is 16.0. The Morgan fingerprint density at radius 2 is 1.93 bits per heavy atom. The van der Waals surface area contributed by atoms with E-state index in [1.54, 1.807) is 19.1 Å². The number of halogens is 3. The summed E-state index contributed by atoms with van der Waals surface area (Å²) in [4.78, 5) is 19.8. The van der Waals surface area contributed by atoms with Crippen LogP contribution in [0.3, 0.4) is 0 Å². The van der Waals surface area contributed by atoms with Crippen molar-refractivity contribution in [3.63, 3.8) is 0 Å². The molecule has 0 radical (unpaired) electrons. The number of pyridine rings is 2. The number of hydrogen-bond acceptors (Lipinski definition) is 5. The molecule has 1 amide bonds. The van der Waals surface area contributed by atoms with Crippen LogP contribution in [0.5, 0.6) is 5.88 Å². The van der Waals surface area contributed by atoms with Crippen LogP contribution < -0.4 is 15.8 Å². The smallest absolute Gasteiger partial charge is 0.272 e. The van der Waals surface area contributed by atoms with Crippen LogP contribution in [0.1, 0.15) is 49.2 Å². The number of carbonyl (C=O) groups is 1. The number of nitrogens with one attached hydrogen (secondary N) is 1. The second-order valence-electron chi connectivity index (χ2n) is 6.07. The van der Waals surface area contributed by atoms with Gasteiger partial charge in [0.1, 0.15) is 5.02 Å². The van der Waals surface area contributed by atoms with Gasteiger partial charge in [-0.15, -0.1) is 0 Å². The minimum absolute atomic E-state index is 0.0663. The van der Waals surface area contributed by atoms with Crippen LogP contribution in [0.25, 0.3) is 0 Å². The molecule has 0 aromatic carbocycles. The quantitative estimate of drug-likeness (QED) is 0.714. The second kappa shape index (κ2) is 12.2. The molecular formula is C19H25ClF2N4O2. The molecule has 3 N–H and O–H groups in total. The first-order valence-corrected chi connectivity index (χ1v) is 9.15. The lowest BCUT2D eigenvalue weighted by atomic mass is 10.1. The van der Waals surface area contributed by atoms with Gasteiger partial charge in [-0.3, -0.25) is 9.78 Å². The molecule has 0 spiro atoms. The van der Waals surface area contributed by atoms with Crippen molar-refractivity contribution in [2.75, 3.05) is 6.61 Å². The zero-order valence-corrected chi connectivity index (χ0v) is 16.8. The Balaban J connectivity index is 0.000000696. The van der Waals surface area contributed by atoms with Gasteiger partial charge in [0.15, 0.2) is 6.61 Å². The van der Waals surface area contributed by atoms with Crippen LogP contribution in [0.4, 0.5) is 8.78 Å². The van der Waals surface area contributed by atoms with E-state index in [4.69, 9.17) is 22.1 Å². The van der Waals surface area contributed by atoms with Gasteiger partial charge in [0, 0.05) is 30.2 Å². The summed E-state index contributed by atoms with van der Waals surface area (Å²) >= 11 is 5.96. The summed E-state index contributed by atoms with van der Waals surface area (Å²) in [5.41, 5.74) is 6.39. The molecule has 0 fully saturated rings. The maximum Gasteiger partial charge on any atom is 0.272 e. The molecule has 2 heterocycles. The highest BCUT2D eigenvalue weighted by molar-refractivity contribution is 6.31. The molecule has 28 heavy (non-hydrogen) atoms. The number of alkyl halides is 2. The minimum Gasteiger partial charge on any atom is -0.471 e. The summed E-state index contributed by atoms with van der Waals surface area (Å²) < 4.78 is 29.0. The third-order valence-electron chi connectivity index (χ3n) is 3.61. The van der Waals surface area contributed by atoms with Gasteiger partial charge in [-0.2, -0.15) is 0 Å². The van der Waals surface area contributed by atoms with Gasteiger partial charge >= 0.3 is 0 Å². The Bertz CT molecular complexity index is 733. The largest absolute Gasteiger partial charge is 0.471 e. The number of hydrogen-bond donors (Lipinski definition) is 2. The van der Waals surface area contributed by atoms with Crippen LogP contribution in [0.2, 0.25) is 5.02 Å². The first-order chi connectivity index (χ1) is 13.2. The van der Waals surface area contributed by atoms with Crippen LogP contribution in [0, 0.1) is 0 Å². The van der Waals surface area contributed by atoms with E-state index in [2.05, 4.69) is 22.2 Å². The average molecular weight is 415 g/mol. The predicted octanol–water partition coefficient (Wildman–Crippen LogP) is 4.01. The predicted molar refractivity (Wildman–Crippen MR) is 105 cm³/mol. The van der Waals surface area contributed by atoms with E-state index >= 15 is 0 Å². The van der Waals surface area contributed by atoms with Gasteiger partial charge in [-0.05, 0) is 44.0 Å². The SMILES string of the molecule is CC(NC(=O)c1ccncc1)c1cnc(OCC(F)F)c(Cl)c1.CCC(C)N. The van der Waals surface area contributed by atoms with Crippen molar-refractivity contribution in [2.24, 2.45) is 5.73 Å². The second-order valence-corrected chi connectivity index (χ2v) is 6.48.